The van der Waals surface area contributed by atoms with E-state index in [-0.39, 0.29) is 18.8 Å². The van der Waals surface area contributed by atoms with Crippen LogP contribution in [0.3, 0.4) is 0 Å². The first-order chi connectivity index (χ1) is 10.3. The molecule has 0 aliphatic heterocycles. The van der Waals surface area contributed by atoms with E-state index in [1.54, 1.807) is 20.8 Å². The van der Waals surface area contributed by atoms with Crippen LogP contribution in [0.5, 0.6) is 0 Å². The van der Waals surface area contributed by atoms with Crippen molar-refractivity contribution in [2.75, 3.05) is 7.11 Å². The Balaban J connectivity index is 0.00000484. The van der Waals surface area contributed by atoms with Crippen LogP contribution in [0, 0.1) is 11.8 Å². The SMILES string of the molecule is COC(=O)[C@H](CC#Cc1ccccc1)NC(=O)OC(C)(C)C.Cl. The first kappa shape index (κ1) is 20.8. The van der Waals surface area contributed by atoms with Crippen LogP contribution < -0.4 is 5.32 Å². The number of alkyl carbamates (subject to hydrolysis) is 1. The molecule has 0 aromatic heterocycles. The average molecular weight is 340 g/mol. The van der Waals surface area contributed by atoms with Gasteiger partial charge in [-0.3, -0.25) is 0 Å². The number of carbonyl (C=O) groups is 2. The van der Waals surface area contributed by atoms with Gasteiger partial charge in [-0.2, -0.15) is 0 Å². The third-order valence-corrected chi connectivity index (χ3v) is 2.49. The molecular formula is C17H22ClNO4. The predicted molar refractivity (Wildman–Crippen MR) is 90.4 cm³/mol. The van der Waals surface area contributed by atoms with Gasteiger partial charge in [0.2, 0.25) is 0 Å². The summed E-state index contributed by atoms with van der Waals surface area (Å²) >= 11 is 0. The molecule has 0 saturated heterocycles. The Morgan fingerprint density at radius 1 is 1.22 bits per heavy atom. The van der Waals surface area contributed by atoms with Gasteiger partial charge in [0.05, 0.1) is 7.11 Å². The molecule has 23 heavy (non-hydrogen) atoms. The van der Waals surface area contributed by atoms with E-state index in [0.29, 0.717) is 0 Å². The molecule has 1 N–H and O–H groups in total. The highest BCUT2D eigenvalue weighted by Crippen LogP contribution is 2.07. The van der Waals surface area contributed by atoms with E-state index in [2.05, 4.69) is 21.9 Å². The van der Waals surface area contributed by atoms with Crippen molar-refractivity contribution in [2.45, 2.75) is 38.8 Å². The number of amides is 1. The highest BCUT2D eigenvalue weighted by molar-refractivity contribution is 5.85. The largest absolute Gasteiger partial charge is 0.467 e. The van der Waals surface area contributed by atoms with Crippen LogP contribution in [-0.2, 0) is 14.3 Å². The van der Waals surface area contributed by atoms with Crippen molar-refractivity contribution in [1.29, 1.82) is 0 Å². The van der Waals surface area contributed by atoms with Gasteiger partial charge in [-0.05, 0) is 32.9 Å². The fraction of sp³-hybridized carbons (Fsp3) is 0.412. The molecule has 0 bridgehead atoms. The standard InChI is InChI=1S/C17H21NO4.ClH/c1-17(2,3)22-16(20)18-14(15(19)21-4)12-8-11-13-9-6-5-7-10-13;/h5-7,9-10,14H,12H2,1-4H3,(H,18,20);1H/t14-;/m0./s1. The van der Waals surface area contributed by atoms with Crippen molar-refractivity contribution in [1.82, 2.24) is 5.32 Å². The van der Waals surface area contributed by atoms with E-state index >= 15 is 0 Å². The maximum Gasteiger partial charge on any atom is 0.408 e. The molecule has 126 valence electrons. The van der Waals surface area contributed by atoms with Crippen molar-refractivity contribution >= 4 is 24.5 Å². The maximum absolute atomic E-state index is 11.7. The van der Waals surface area contributed by atoms with Gasteiger partial charge in [0.15, 0.2) is 0 Å². The lowest BCUT2D eigenvalue weighted by molar-refractivity contribution is -0.143. The summed E-state index contributed by atoms with van der Waals surface area (Å²) in [5.41, 5.74) is 0.198. The molecule has 6 heteroatoms. The zero-order valence-corrected chi connectivity index (χ0v) is 14.5. The zero-order valence-electron chi connectivity index (χ0n) is 13.7. The van der Waals surface area contributed by atoms with Crippen LogP contribution in [0.4, 0.5) is 4.79 Å². The van der Waals surface area contributed by atoms with Crippen molar-refractivity contribution in [2.24, 2.45) is 0 Å². The summed E-state index contributed by atoms with van der Waals surface area (Å²) in [6.07, 6.45) is -0.537. The molecule has 1 amide bonds. The lowest BCUT2D eigenvalue weighted by Crippen LogP contribution is -2.43. The van der Waals surface area contributed by atoms with E-state index in [1.807, 2.05) is 30.3 Å². The summed E-state index contributed by atoms with van der Waals surface area (Å²) < 4.78 is 9.79. The molecule has 0 fully saturated rings. The lowest BCUT2D eigenvalue weighted by Gasteiger charge is -2.21. The molecule has 0 spiro atoms. The van der Waals surface area contributed by atoms with Gasteiger partial charge in [-0.25, -0.2) is 9.59 Å². The minimum absolute atomic E-state index is 0. The Morgan fingerprint density at radius 3 is 2.35 bits per heavy atom. The van der Waals surface area contributed by atoms with Gasteiger partial charge in [0.1, 0.15) is 11.6 Å². The minimum Gasteiger partial charge on any atom is -0.467 e. The van der Waals surface area contributed by atoms with Crippen LogP contribution in [0.1, 0.15) is 32.8 Å². The smallest absolute Gasteiger partial charge is 0.408 e. The Labute approximate surface area is 143 Å². The Hall–Kier alpha value is -2.19. The van der Waals surface area contributed by atoms with E-state index in [9.17, 15) is 9.59 Å². The van der Waals surface area contributed by atoms with Gasteiger partial charge in [0.25, 0.3) is 0 Å². The summed E-state index contributed by atoms with van der Waals surface area (Å²) in [7, 11) is 1.26. The number of carbonyl (C=O) groups excluding carboxylic acids is 2. The van der Waals surface area contributed by atoms with Crippen molar-refractivity contribution < 1.29 is 19.1 Å². The highest BCUT2D eigenvalue weighted by atomic mass is 35.5. The monoisotopic (exact) mass is 339 g/mol. The van der Waals surface area contributed by atoms with E-state index in [0.717, 1.165) is 5.56 Å². The molecule has 1 rings (SSSR count). The second kappa shape index (κ2) is 9.75. The fourth-order valence-corrected chi connectivity index (χ4v) is 1.56. The van der Waals surface area contributed by atoms with Gasteiger partial charge in [-0.15, -0.1) is 12.4 Å². The average Bonchev–Trinajstić information content (AvgIpc) is 2.44. The van der Waals surface area contributed by atoms with Crippen LogP contribution in [-0.4, -0.2) is 30.8 Å². The molecule has 0 aliphatic carbocycles. The van der Waals surface area contributed by atoms with E-state index in [1.165, 1.54) is 7.11 Å². The third-order valence-electron chi connectivity index (χ3n) is 2.49. The summed E-state index contributed by atoms with van der Waals surface area (Å²) in [6, 6.07) is 8.51. The van der Waals surface area contributed by atoms with Crippen molar-refractivity contribution in [3.63, 3.8) is 0 Å². The summed E-state index contributed by atoms with van der Waals surface area (Å²) in [4.78, 5) is 23.4. The number of esters is 1. The number of ether oxygens (including phenoxy) is 2. The van der Waals surface area contributed by atoms with Crippen molar-refractivity contribution in [3.8, 4) is 11.8 Å². The van der Waals surface area contributed by atoms with Crippen LogP contribution in [0.15, 0.2) is 30.3 Å². The number of benzene rings is 1. The van der Waals surface area contributed by atoms with Gasteiger partial charge in [0, 0.05) is 12.0 Å². The second-order valence-electron chi connectivity index (χ2n) is 5.59. The Bertz CT molecular complexity index is 570. The minimum atomic E-state index is -0.865. The Kier molecular flexibility index (Phi) is 8.82. The van der Waals surface area contributed by atoms with Gasteiger partial charge >= 0.3 is 12.1 Å². The molecule has 1 aromatic rings. The number of hydrogen-bond donors (Lipinski definition) is 1. The number of halogens is 1. The second-order valence-corrected chi connectivity index (χ2v) is 5.59. The van der Waals surface area contributed by atoms with Gasteiger partial charge in [-0.1, -0.05) is 30.0 Å². The summed E-state index contributed by atoms with van der Waals surface area (Å²) in [5.74, 6) is 5.23. The molecule has 0 saturated carbocycles. The number of nitrogens with one attached hydrogen (secondary N) is 1. The topological polar surface area (TPSA) is 64.6 Å². The fourth-order valence-electron chi connectivity index (χ4n) is 1.56. The molecule has 5 nitrogen and oxygen atoms in total. The molecular weight excluding hydrogens is 318 g/mol. The first-order valence-electron chi connectivity index (χ1n) is 6.93. The highest BCUT2D eigenvalue weighted by Gasteiger charge is 2.24. The van der Waals surface area contributed by atoms with Crippen LogP contribution in [0.25, 0.3) is 0 Å². The normalized spacial score (nSPS) is 11.1. The quantitative estimate of drug-likeness (QED) is 0.679. The molecule has 0 aliphatic rings. The van der Waals surface area contributed by atoms with Crippen molar-refractivity contribution in [3.05, 3.63) is 35.9 Å². The number of methoxy groups -OCH3 is 1. The molecule has 0 unspecified atom stereocenters. The van der Waals surface area contributed by atoms with Crippen LogP contribution in [0.2, 0.25) is 0 Å². The lowest BCUT2D eigenvalue weighted by atomic mass is 10.2. The maximum atomic E-state index is 11.7. The van der Waals surface area contributed by atoms with Crippen LogP contribution >= 0.6 is 12.4 Å². The van der Waals surface area contributed by atoms with E-state index in [4.69, 9.17) is 4.74 Å². The first-order valence-corrected chi connectivity index (χ1v) is 6.93. The third kappa shape index (κ3) is 8.74. The van der Waals surface area contributed by atoms with Gasteiger partial charge < -0.3 is 14.8 Å². The molecule has 0 radical (unpaired) electrons. The molecule has 0 heterocycles. The Morgan fingerprint density at radius 2 is 1.83 bits per heavy atom. The summed E-state index contributed by atoms with van der Waals surface area (Å²) in [5, 5.41) is 2.47. The number of rotatable bonds is 3. The molecule has 1 aromatic carbocycles. The van der Waals surface area contributed by atoms with E-state index < -0.39 is 23.7 Å². The number of hydrogen-bond acceptors (Lipinski definition) is 4. The summed E-state index contributed by atoms with van der Waals surface area (Å²) in [6.45, 7) is 5.23. The predicted octanol–water partition coefficient (Wildman–Crippen LogP) is 2.92. The molecule has 1 atom stereocenters. The zero-order chi connectivity index (χ0) is 16.6.